The molecule has 16 heavy (non-hydrogen) atoms. The van der Waals surface area contributed by atoms with Crippen molar-refractivity contribution < 1.29 is 4.74 Å². The Bertz CT molecular complexity index is 303. The van der Waals surface area contributed by atoms with Gasteiger partial charge in [0.1, 0.15) is 0 Å². The summed E-state index contributed by atoms with van der Waals surface area (Å²) in [4.78, 5) is 0. The molecule has 0 amide bonds. The van der Waals surface area contributed by atoms with E-state index in [2.05, 4.69) is 35.3 Å². The van der Waals surface area contributed by atoms with Gasteiger partial charge >= 0.3 is 0 Å². The monoisotopic (exact) mass is 222 g/mol. The molecule has 2 heterocycles. The summed E-state index contributed by atoms with van der Waals surface area (Å²) in [5.41, 5.74) is 1.38. The van der Waals surface area contributed by atoms with Gasteiger partial charge in [-0.3, -0.25) is 0 Å². The summed E-state index contributed by atoms with van der Waals surface area (Å²) in [6.45, 7) is 7.27. The van der Waals surface area contributed by atoms with Crippen LogP contribution in [0.1, 0.15) is 25.3 Å². The summed E-state index contributed by atoms with van der Waals surface area (Å²) >= 11 is 0. The zero-order valence-electron chi connectivity index (χ0n) is 10.1. The van der Waals surface area contributed by atoms with Gasteiger partial charge in [0.05, 0.1) is 6.61 Å². The maximum Gasteiger partial charge on any atom is 0.0507 e. The molecule has 3 nitrogen and oxygen atoms in total. The van der Waals surface area contributed by atoms with Crippen molar-refractivity contribution in [1.29, 1.82) is 0 Å². The van der Waals surface area contributed by atoms with E-state index in [0.29, 0.717) is 0 Å². The van der Waals surface area contributed by atoms with Gasteiger partial charge in [0, 0.05) is 38.6 Å². The van der Waals surface area contributed by atoms with Crippen LogP contribution in [-0.2, 0) is 17.8 Å². The lowest BCUT2D eigenvalue weighted by Crippen LogP contribution is -2.22. The van der Waals surface area contributed by atoms with Crippen molar-refractivity contribution in [2.24, 2.45) is 5.92 Å². The van der Waals surface area contributed by atoms with Crippen molar-refractivity contribution in [3.8, 4) is 0 Å². The summed E-state index contributed by atoms with van der Waals surface area (Å²) in [6.07, 6.45) is 6.81. The van der Waals surface area contributed by atoms with E-state index in [1.165, 1.54) is 18.4 Å². The van der Waals surface area contributed by atoms with Gasteiger partial charge in [-0.25, -0.2) is 0 Å². The molecule has 3 heteroatoms. The van der Waals surface area contributed by atoms with Crippen LogP contribution in [-0.4, -0.2) is 24.3 Å². The standard InChI is InChI=1S/C13H22N2O/c1-2-5-15-6-3-12(10-15)8-14-9-13-4-7-16-11-13/h3,6,10,13-14H,2,4-5,7-9,11H2,1H3. The Morgan fingerprint density at radius 2 is 2.50 bits per heavy atom. The third-order valence-electron chi connectivity index (χ3n) is 3.08. The van der Waals surface area contributed by atoms with Gasteiger partial charge in [-0.1, -0.05) is 6.92 Å². The van der Waals surface area contributed by atoms with Crippen LogP contribution in [0.5, 0.6) is 0 Å². The molecule has 1 aromatic rings. The van der Waals surface area contributed by atoms with Crippen LogP contribution in [0.2, 0.25) is 0 Å². The molecule has 1 aliphatic heterocycles. The Labute approximate surface area is 97.8 Å². The van der Waals surface area contributed by atoms with Gasteiger partial charge in [0.2, 0.25) is 0 Å². The zero-order valence-corrected chi connectivity index (χ0v) is 10.1. The number of nitrogens with one attached hydrogen (secondary N) is 1. The highest BCUT2D eigenvalue weighted by Gasteiger charge is 2.14. The van der Waals surface area contributed by atoms with Crippen LogP contribution < -0.4 is 5.32 Å². The molecular weight excluding hydrogens is 200 g/mol. The Hall–Kier alpha value is -0.800. The Morgan fingerprint density at radius 3 is 3.25 bits per heavy atom. The third kappa shape index (κ3) is 3.35. The van der Waals surface area contributed by atoms with Gasteiger partial charge in [0.25, 0.3) is 0 Å². The summed E-state index contributed by atoms with van der Waals surface area (Å²) in [5, 5.41) is 3.51. The predicted molar refractivity (Wildman–Crippen MR) is 65.4 cm³/mol. The molecule has 2 rings (SSSR count). The molecule has 1 saturated heterocycles. The first kappa shape index (κ1) is 11.7. The van der Waals surface area contributed by atoms with E-state index in [-0.39, 0.29) is 0 Å². The van der Waals surface area contributed by atoms with Crippen LogP contribution in [0.25, 0.3) is 0 Å². The summed E-state index contributed by atoms with van der Waals surface area (Å²) in [7, 11) is 0. The van der Waals surface area contributed by atoms with E-state index in [0.717, 1.165) is 38.8 Å². The first-order valence-electron chi connectivity index (χ1n) is 6.31. The summed E-state index contributed by atoms with van der Waals surface area (Å²) < 4.78 is 7.61. The Morgan fingerprint density at radius 1 is 1.56 bits per heavy atom. The van der Waals surface area contributed by atoms with Gasteiger partial charge in [-0.2, -0.15) is 0 Å². The first-order chi connectivity index (χ1) is 7.88. The molecule has 0 saturated carbocycles. The van der Waals surface area contributed by atoms with Crippen LogP contribution in [0.3, 0.4) is 0 Å². The number of hydrogen-bond acceptors (Lipinski definition) is 2. The lowest BCUT2D eigenvalue weighted by atomic mass is 10.1. The second kappa shape index (κ2) is 6.06. The quantitative estimate of drug-likeness (QED) is 0.797. The summed E-state index contributed by atoms with van der Waals surface area (Å²) in [6, 6.07) is 2.20. The number of aryl methyl sites for hydroxylation is 1. The molecule has 0 radical (unpaired) electrons. The van der Waals surface area contributed by atoms with E-state index >= 15 is 0 Å². The van der Waals surface area contributed by atoms with Gasteiger partial charge in [-0.15, -0.1) is 0 Å². The second-order valence-corrected chi connectivity index (χ2v) is 4.62. The van der Waals surface area contributed by atoms with Gasteiger partial charge in [0.15, 0.2) is 0 Å². The first-order valence-corrected chi connectivity index (χ1v) is 6.31. The molecule has 0 spiro atoms. The minimum atomic E-state index is 0.720. The maximum atomic E-state index is 5.35. The van der Waals surface area contributed by atoms with Crippen molar-refractivity contribution in [1.82, 2.24) is 9.88 Å². The van der Waals surface area contributed by atoms with Crippen molar-refractivity contribution in [2.45, 2.75) is 32.9 Å². The van der Waals surface area contributed by atoms with E-state index in [1.54, 1.807) is 0 Å². The highest BCUT2D eigenvalue weighted by atomic mass is 16.5. The number of rotatable bonds is 6. The fourth-order valence-electron chi connectivity index (χ4n) is 2.16. The van der Waals surface area contributed by atoms with E-state index in [4.69, 9.17) is 4.74 Å². The lowest BCUT2D eigenvalue weighted by Gasteiger charge is -2.08. The second-order valence-electron chi connectivity index (χ2n) is 4.62. The minimum absolute atomic E-state index is 0.720. The van der Waals surface area contributed by atoms with Crippen LogP contribution in [0, 0.1) is 5.92 Å². The highest BCUT2D eigenvalue weighted by Crippen LogP contribution is 2.11. The lowest BCUT2D eigenvalue weighted by molar-refractivity contribution is 0.185. The molecule has 0 aliphatic carbocycles. The van der Waals surface area contributed by atoms with E-state index in [1.807, 2.05) is 0 Å². The topological polar surface area (TPSA) is 26.2 Å². The molecule has 1 N–H and O–H groups in total. The normalized spacial score (nSPS) is 20.4. The fourth-order valence-corrected chi connectivity index (χ4v) is 2.16. The fraction of sp³-hybridized carbons (Fsp3) is 0.692. The van der Waals surface area contributed by atoms with Gasteiger partial charge in [-0.05, 0) is 30.4 Å². The molecule has 1 aliphatic rings. The average Bonchev–Trinajstić information content (AvgIpc) is 2.90. The number of hydrogen-bond donors (Lipinski definition) is 1. The van der Waals surface area contributed by atoms with Crippen molar-refractivity contribution in [3.63, 3.8) is 0 Å². The van der Waals surface area contributed by atoms with Crippen molar-refractivity contribution in [3.05, 3.63) is 24.0 Å². The van der Waals surface area contributed by atoms with E-state index in [9.17, 15) is 0 Å². The number of aromatic nitrogens is 1. The number of nitrogens with zero attached hydrogens (tertiary/aromatic N) is 1. The van der Waals surface area contributed by atoms with Crippen LogP contribution in [0.4, 0.5) is 0 Å². The Balaban J connectivity index is 1.67. The largest absolute Gasteiger partial charge is 0.381 e. The molecular formula is C13H22N2O. The SMILES string of the molecule is CCCn1ccc(CNCC2CCOC2)c1. The smallest absolute Gasteiger partial charge is 0.0507 e. The van der Waals surface area contributed by atoms with Crippen LogP contribution in [0.15, 0.2) is 18.5 Å². The Kier molecular flexibility index (Phi) is 4.43. The van der Waals surface area contributed by atoms with Crippen LogP contribution >= 0.6 is 0 Å². The number of ether oxygens (including phenoxy) is 1. The molecule has 90 valence electrons. The highest BCUT2D eigenvalue weighted by molar-refractivity contribution is 5.09. The molecule has 0 bridgehead atoms. The van der Waals surface area contributed by atoms with Crippen molar-refractivity contribution >= 4 is 0 Å². The van der Waals surface area contributed by atoms with E-state index < -0.39 is 0 Å². The summed E-state index contributed by atoms with van der Waals surface area (Å²) in [5.74, 6) is 0.720. The van der Waals surface area contributed by atoms with Gasteiger partial charge < -0.3 is 14.6 Å². The molecule has 1 aromatic heterocycles. The average molecular weight is 222 g/mol. The third-order valence-corrected chi connectivity index (χ3v) is 3.08. The maximum absolute atomic E-state index is 5.35. The predicted octanol–water partition coefficient (Wildman–Crippen LogP) is 2.02. The molecule has 0 aromatic carbocycles. The molecule has 1 fully saturated rings. The minimum Gasteiger partial charge on any atom is -0.381 e. The zero-order chi connectivity index (χ0) is 11.2. The van der Waals surface area contributed by atoms with Crippen molar-refractivity contribution in [2.75, 3.05) is 19.8 Å². The molecule has 1 atom stereocenters. The molecule has 1 unspecified atom stereocenters.